The highest BCUT2D eigenvalue weighted by atomic mass is 15.0. The molecule has 0 bridgehead atoms. The molecule has 0 aliphatic carbocycles. The Bertz CT molecular complexity index is 2760. The predicted octanol–water partition coefficient (Wildman–Crippen LogP) is 9.99. The first kappa shape index (κ1) is 24.7. The SMILES string of the molecule is [C-]#[N+]c1ccc(-n2c3ccncc3c3c4ccc5cc6c(c7ccc(cc32)c4c57)c2cnccc2n6-c2ccc(C#N)cc2)cc1. The second-order valence-corrected chi connectivity index (χ2v) is 11.7. The van der Waals surface area contributed by atoms with Crippen LogP contribution in [-0.2, 0) is 0 Å². The van der Waals surface area contributed by atoms with Crippen LogP contribution in [0.1, 0.15) is 5.56 Å². The minimum absolute atomic E-state index is 0.621. The molecule has 6 nitrogen and oxygen atoms in total. The standard InChI is InChI=1S/C40H20N6/c1-42-26-6-10-28(11-7-26)46-34-15-17-44-22-32(34)40-30-13-4-24-18-35-39(29-12-5-25(19-36(40)46)38(30)37(24)29)31-21-43-16-14-33(31)45(35)27-8-2-23(20-41)3-9-27/h2-19,21-22H. The second kappa shape index (κ2) is 8.89. The fourth-order valence-corrected chi connectivity index (χ4v) is 7.57. The van der Waals surface area contributed by atoms with Gasteiger partial charge < -0.3 is 9.13 Å². The average molecular weight is 585 g/mol. The Kier molecular flexibility index (Phi) is 4.76. The fraction of sp³-hybridized carbons (Fsp3) is 0. The van der Waals surface area contributed by atoms with E-state index in [1.54, 1.807) is 0 Å². The quantitative estimate of drug-likeness (QED) is 0.150. The van der Waals surface area contributed by atoms with Crippen LogP contribution in [0.2, 0.25) is 0 Å². The zero-order chi connectivity index (χ0) is 30.5. The first-order chi connectivity index (χ1) is 22.7. The first-order valence-electron chi connectivity index (χ1n) is 15.0. The van der Waals surface area contributed by atoms with Gasteiger partial charge in [-0.2, -0.15) is 5.26 Å². The highest BCUT2D eigenvalue weighted by Gasteiger charge is 2.22. The molecule has 4 aromatic heterocycles. The fourth-order valence-electron chi connectivity index (χ4n) is 7.57. The molecule has 0 spiro atoms. The van der Waals surface area contributed by atoms with E-state index >= 15 is 0 Å². The molecule has 0 unspecified atom stereocenters. The second-order valence-electron chi connectivity index (χ2n) is 11.7. The van der Waals surface area contributed by atoms with E-state index < -0.39 is 0 Å². The molecule has 0 aliphatic rings. The topological polar surface area (TPSA) is 63.8 Å². The molecule has 0 radical (unpaired) electrons. The van der Waals surface area contributed by atoms with Gasteiger partial charge in [0, 0.05) is 57.7 Å². The summed E-state index contributed by atoms with van der Waals surface area (Å²) < 4.78 is 4.56. The van der Waals surface area contributed by atoms with Crippen LogP contribution < -0.4 is 0 Å². The number of aromatic nitrogens is 4. The van der Waals surface area contributed by atoms with Crippen LogP contribution in [0.25, 0.3) is 92.1 Å². The molecular weight excluding hydrogens is 564 g/mol. The van der Waals surface area contributed by atoms with Crippen molar-refractivity contribution < 1.29 is 0 Å². The van der Waals surface area contributed by atoms with Crippen molar-refractivity contribution in [2.75, 3.05) is 0 Å². The lowest BCUT2D eigenvalue weighted by atomic mass is 9.90. The van der Waals surface area contributed by atoms with Crippen LogP contribution >= 0.6 is 0 Å². The van der Waals surface area contributed by atoms with E-state index in [1.165, 1.54) is 43.1 Å². The Labute approximate surface area is 261 Å². The summed E-state index contributed by atoms with van der Waals surface area (Å²) in [6.07, 6.45) is 7.61. The number of benzene rings is 6. The van der Waals surface area contributed by atoms with Gasteiger partial charge in [0.15, 0.2) is 5.69 Å². The monoisotopic (exact) mass is 584 g/mol. The maximum Gasteiger partial charge on any atom is 0.187 e. The molecular formula is C40H20N6. The van der Waals surface area contributed by atoms with Gasteiger partial charge in [-0.25, -0.2) is 4.85 Å². The summed E-state index contributed by atoms with van der Waals surface area (Å²) in [4.78, 5) is 12.7. The van der Waals surface area contributed by atoms with E-state index in [0.717, 1.165) is 44.2 Å². The summed E-state index contributed by atoms with van der Waals surface area (Å²) in [6, 6.07) is 35.5. The smallest absolute Gasteiger partial charge is 0.187 e. The van der Waals surface area contributed by atoms with Crippen molar-refractivity contribution in [3.8, 4) is 17.4 Å². The number of nitrogens with zero attached hydrogens (tertiary/aromatic N) is 6. The zero-order valence-electron chi connectivity index (χ0n) is 24.2. The summed E-state index contributed by atoms with van der Waals surface area (Å²) >= 11 is 0. The van der Waals surface area contributed by atoms with Crippen molar-refractivity contribution in [2.45, 2.75) is 0 Å². The van der Waals surface area contributed by atoms with Gasteiger partial charge >= 0.3 is 0 Å². The highest BCUT2D eigenvalue weighted by molar-refractivity contribution is 6.37. The molecule has 0 aliphatic heterocycles. The molecule has 0 amide bonds. The van der Waals surface area contributed by atoms with Gasteiger partial charge in [-0.1, -0.05) is 36.4 Å². The van der Waals surface area contributed by atoms with Crippen molar-refractivity contribution in [3.05, 3.63) is 139 Å². The number of fused-ring (bicyclic) bond motifs is 8. The van der Waals surface area contributed by atoms with Crippen LogP contribution in [0, 0.1) is 17.9 Å². The summed E-state index contributed by atoms with van der Waals surface area (Å²) in [7, 11) is 0. The van der Waals surface area contributed by atoms with Gasteiger partial charge in [0.05, 0.1) is 40.3 Å². The highest BCUT2D eigenvalue weighted by Crippen LogP contribution is 2.46. The van der Waals surface area contributed by atoms with Gasteiger partial charge in [-0.05, 0) is 93.0 Å². The largest absolute Gasteiger partial charge is 0.309 e. The molecule has 4 heterocycles. The van der Waals surface area contributed by atoms with Crippen molar-refractivity contribution in [3.63, 3.8) is 0 Å². The first-order valence-corrected chi connectivity index (χ1v) is 15.0. The van der Waals surface area contributed by atoms with E-state index in [2.05, 4.69) is 78.5 Å². The maximum absolute atomic E-state index is 9.40. The summed E-state index contributed by atoms with van der Waals surface area (Å²) in [5.41, 5.74) is 7.64. The molecule has 6 aromatic carbocycles. The Balaban J connectivity index is 1.36. The van der Waals surface area contributed by atoms with E-state index in [1.807, 2.05) is 73.3 Å². The number of hydrogen-bond donors (Lipinski definition) is 0. The van der Waals surface area contributed by atoms with Crippen LogP contribution in [0.15, 0.2) is 122 Å². The third-order valence-electron chi connectivity index (χ3n) is 9.45. The van der Waals surface area contributed by atoms with Crippen molar-refractivity contribution in [2.24, 2.45) is 0 Å². The van der Waals surface area contributed by atoms with E-state index in [9.17, 15) is 5.26 Å². The number of rotatable bonds is 2. The number of pyridine rings is 2. The molecule has 210 valence electrons. The molecule has 10 rings (SSSR count). The summed E-state index contributed by atoms with van der Waals surface area (Å²) in [5.74, 6) is 0. The van der Waals surface area contributed by atoms with Gasteiger partial charge in [0.1, 0.15) is 0 Å². The van der Waals surface area contributed by atoms with Crippen molar-refractivity contribution in [1.29, 1.82) is 5.26 Å². The Morgan fingerprint density at radius 3 is 1.52 bits per heavy atom. The van der Waals surface area contributed by atoms with Crippen LogP contribution in [0.3, 0.4) is 0 Å². The molecule has 0 saturated heterocycles. The summed E-state index contributed by atoms with van der Waals surface area (Å²) in [5, 5.41) is 21.1. The normalized spacial score (nSPS) is 11.9. The Morgan fingerprint density at radius 2 is 1.04 bits per heavy atom. The third kappa shape index (κ3) is 3.12. The summed E-state index contributed by atoms with van der Waals surface area (Å²) in [6.45, 7) is 7.41. The minimum atomic E-state index is 0.621. The molecule has 0 atom stereocenters. The molecule has 6 heteroatoms. The van der Waals surface area contributed by atoms with Crippen LogP contribution in [0.4, 0.5) is 5.69 Å². The van der Waals surface area contributed by atoms with Gasteiger partial charge in [0.2, 0.25) is 0 Å². The van der Waals surface area contributed by atoms with Crippen LogP contribution in [-0.4, -0.2) is 19.1 Å². The third-order valence-corrected chi connectivity index (χ3v) is 9.45. The van der Waals surface area contributed by atoms with Gasteiger partial charge in [-0.3, -0.25) is 9.97 Å². The van der Waals surface area contributed by atoms with E-state index in [4.69, 9.17) is 6.57 Å². The predicted molar refractivity (Wildman–Crippen MR) is 185 cm³/mol. The Hall–Kier alpha value is -6.76. The average Bonchev–Trinajstić information content (AvgIpc) is 3.63. The maximum atomic E-state index is 9.40. The van der Waals surface area contributed by atoms with E-state index in [-0.39, 0.29) is 0 Å². The minimum Gasteiger partial charge on any atom is -0.309 e. The lowest BCUT2D eigenvalue weighted by molar-refractivity contribution is 1.17. The van der Waals surface area contributed by atoms with Crippen LogP contribution in [0.5, 0.6) is 0 Å². The number of nitriles is 1. The number of hydrogen-bond acceptors (Lipinski definition) is 3. The Morgan fingerprint density at radius 1 is 0.543 bits per heavy atom. The molecule has 0 fully saturated rings. The molecule has 0 N–H and O–H groups in total. The van der Waals surface area contributed by atoms with Gasteiger partial charge in [-0.15, -0.1) is 0 Å². The molecule has 46 heavy (non-hydrogen) atoms. The lowest BCUT2D eigenvalue weighted by Crippen LogP contribution is -1.95. The lowest BCUT2D eigenvalue weighted by Gasteiger charge is -2.15. The molecule has 0 saturated carbocycles. The molecule has 10 aromatic rings. The van der Waals surface area contributed by atoms with E-state index in [0.29, 0.717) is 11.3 Å². The zero-order valence-corrected chi connectivity index (χ0v) is 24.2. The van der Waals surface area contributed by atoms with Crippen molar-refractivity contribution >= 4 is 81.6 Å². The van der Waals surface area contributed by atoms with Crippen molar-refractivity contribution in [1.82, 2.24) is 19.1 Å². The van der Waals surface area contributed by atoms with Gasteiger partial charge in [0.25, 0.3) is 0 Å².